The highest BCUT2D eigenvalue weighted by atomic mass is 16.5. The van der Waals surface area contributed by atoms with E-state index in [2.05, 4.69) is 6.92 Å². The Morgan fingerprint density at radius 2 is 1.90 bits per heavy atom. The second-order valence-electron chi connectivity index (χ2n) is 6.46. The number of aliphatic hydroxyl groups excluding tert-OH is 1. The lowest BCUT2D eigenvalue weighted by molar-refractivity contribution is -0.141. The lowest BCUT2D eigenvalue weighted by Gasteiger charge is -2.40. The van der Waals surface area contributed by atoms with Gasteiger partial charge in [-0.2, -0.15) is 0 Å². The second kappa shape index (κ2) is 7.41. The van der Waals surface area contributed by atoms with Gasteiger partial charge in [-0.3, -0.25) is 4.79 Å². The highest BCUT2D eigenvalue weighted by Gasteiger charge is 2.33. The topological polar surface area (TPSA) is 49.8 Å². The minimum atomic E-state index is 0.0427. The van der Waals surface area contributed by atoms with Crippen LogP contribution in [-0.4, -0.2) is 48.3 Å². The number of hydrogen-bond donors (Lipinski definition) is 1. The molecule has 2 fully saturated rings. The molecule has 4 heteroatoms. The van der Waals surface area contributed by atoms with Crippen LogP contribution >= 0.6 is 0 Å². The molecule has 1 amide bonds. The van der Waals surface area contributed by atoms with E-state index in [1.54, 1.807) is 0 Å². The van der Waals surface area contributed by atoms with Crippen LogP contribution in [0.5, 0.6) is 0 Å². The lowest BCUT2D eigenvalue weighted by Crippen LogP contribution is -2.46. The van der Waals surface area contributed by atoms with E-state index in [1.807, 2.05) is 4.90 Å². The van der Waals surface area contributed by atoms with Crippen molar-refractivity contribution in [3.63, 3.8) is 0 Å². The Kier molecular flexibility index (Phi) is 5.85. The third kappa shape index (κ3) is 3.95. The molecule has 116 valence electrons. The fourth-order valence-corrected chi connectivity index (χ4v) is 3.37. The fraction of sp³-hybridized carbons (Fsp3) is 0.938. The van der Waals surface area contributed by atoms with Gasteiger partial charge in [0.2, 0.25) is 5.91 Å². The van der Waals surface area contributed by atoms with Crippen LogP contribution in [0.4, 0.5) is 0 Å². The molecule has 1 aliphatic heterocycles. The standard InChI is InChI=1S/C16H29NO3/c1-2-16(13-18)8-10-17(11-9-16)15(19)12-20-14-6-4-3-5-7-14/h14,18H,2-13H2,1H3. The highest BCUT2D eigenvalue weighted by molar-refractivity contribution is 5.77. The Labute approximate surface area is 122 Å². The van der Waals surface area contributed by atoms with Crippen LogP contribution in [-0.2, 0) is 9.53 Å². The van der Waals surface area contributed by atoms with Crippen molar-refractivity contribution < 1.29 is 14.6 Å². The average Bonchev–Trinajstić information content (AvgIpc) is 2.53. The molecule has 1 aliphatic carbocycles. The van der Waals surface area contributed by atoms with Gasteiger partial charge in [-0.15, -0.1) is 0 Å². The summed E-state index contributed by atoms with van der Waals surface area (Å²) in [6, 6.07) is 0. The molecular formula is C16H29NO3. The molecule has 2 rings (SSSR count). The molecule has 0 aromatic rings. The van der Waals surface area contributed by atoms with E-state index in [0.29, 0.717) is 6.10 Å². The Bertz CT molecular complexity index is 299. The number of rotatable bonds is 5. The number of hydrogen-bond acceptors (Lipinski definition) is 3. The van der Waals surface area contributed by atoms with Gasteiger partial charge in [0.15, 0.2) is 0 Å². The van der Waals surface area contributed by atoms with Crippen LogP contribution in [0.25, 0.3) is 0 Å². The van der Waals surface area contributed by atoms with Gasteiger partial charge in [-0.25, -0.2) is 0 Å². The molecule has 1 heterocycles. The predicted octanol–water partition coefficient (Wildman–Crippen LogP) is 2.35. The van der Waals surface area contributed by atoms with E-state index in [-0.39, 0.29) is 24.5 Å². The summed E-state index contributed by atoms with van der Waals surface area (Å²) >= 11 is 0. The van der Waals surface area contributed by atoms with Gasteiger partial charge < -0.3 is 14.7 Å². The molecule has 0 aromatic heterocycles. The summed E-state index contributed by atoms with van der Waals surface area (Å²) in [5.41, 5.74) is 0.0427. The third-order valence-corrected chi connectivity index (χ3v) is 5.26. The maximum Gasteiger partial charge on any atom is 0.248 e. The number of amides is 1. The van der Waals surface area contributed by atoms with Gasteiger partial charge in [-0.05, 0) is 37.5 Å². The summed E-state index contributed by atoms with van der Waals surface area (Å²) in [6.45, 7) is 4.13. The monoisotopic (exact) mass is 283 g/mol. The first-order chi connectivity index (χ1) is 9.69. The van der Waals surface area contributed by atoms with E-state index < -0.39 is 0 Å². The Morgan fingerprint density at radius 3 is 2.45 bits per heavy atom. The van der Waals surface area contributed by atoms with E-state index in [4.69, 9.17) is 4.74 Å². The zero-order chi connectivity index (χ0) is 14.4. The van der Waals surface area contributed by atoms with E-state index in [0.717, 1.165) is 45.2 Å². The third-order valence-electron chi connectivity index (χ3n) is 5.26. The fourth-order valence-electron chi connectivity index (χ4n) is 3.37. The molecule has 1 N–H and O–H groups in total. The smallest absolute Gasteiger partial charge is 0.248 e. The zero-order valence-electron chi connectivity index (χ0n) is 12.8. The van der Waals surface area contributed by atoms with Gasteiger partial charge in [0.1, 0.15) is 6.61 Å². The van der Waals surface area contributed by atoms with Crippen LogP contribution < -0.4 is 0 Å². The number of piperidine rings is 1. The maximum absolute atomic E-state index is 12.2. The normalized spacial score (nSPS) is 23.8. The molecule has 0 bridgehead atoms. The van der Waals surface area contributed by atoms with Crippen molar-refractivity contribution in [1.82, 2.24) is 4.90 Å². The molecule has 2 aliphatic rings. The number of nitrogens with zero attached hydrogens (tertiary/aromatic N) is 1. The summed E-state index contributed by atoms with van der Waals surface area (Å²) < 4.78 is 5.76. The summed E-state index contributed by atoms with van der Waals surface area (Å²) in [7, 11) is 0. The van der Waals surface area contributed by atoms with Crippen LogP contribution in [0.1, 0.15) is 58.3 Å². The van der Waals surface area contributed by atoms with Crippen molar-refractivity contribution in [1.29, 1.82) is 0 Å². The average molecular weight is 283 g/mol. The predicted molar refractivity (Wildman–Crippen MR) is 78.4 cm³/mol. The first kappa shape index (κ1) is 15.8. The molecule has 4 nitrogen and oxygen atoms in total. The summed E-state index contributed by atoms with van der Waals surface area (Å²) in [4.78, 5) is 14.1. The maximum atomic E-state index is 12.2. The van der Waals surface area contributed by atoms with Crippen molar-refractivity contribution in [2.75, 3.05) is 26.3 Å². The van der Waals surface area contributed by atoms with Crippen LogP contribution in [0.3, 0.4) is 0 Å². The minimum absolute atomic E-state index is 0.0427. The van der Waals surface area contributed by atoms with Gasteiger partial charge >= 0.3 is 0 Å². The summed E-state index contributed by atoms with van der Waals surface area (Å²) in [5.74, 6) is 0.123. The van der Waals surface area contributed by atoms with E-state index in [1.165, 1.54) is 19.3 Å². The molecule has 0 spiro atoms. The van der Waals surface area contributed by atoms with Crippen LogP contribution in [0, 0.1) is 5.41 Å². The Balaban J connectivity index is 1.71. The second-order valence-corrected chi connectivity index (χ2v) is 6.46. The molecule has 0 atom stereocenters. The quantitative estimate of drug-likeness (QED) is 0.842. The van der Waals surface area contributed by atoms with Crippen molar-refractivity contribution in [2.45, 2.75) is 64.4 Å². The number of carbonyl (C=O) groups excluding carboxylic acids is 1. The highest BCUT2D eigenvalue weighted by Crippen LogP contribution is 2.34. The van der Waals surface area contributed by atoms with Crippen LogP contribution in [0.2, 0.25) is 0 Å². The van der Waals surface area contributed by atoms with Gasteiger partial charge in [0, 0.05) is 19.7 Å². The van der Waals surface area contributed by atoms with Crippen molar-refractivity contribution in [3.05, 3.63) is 0 Å². The van der Waals surface area contributed by atoms with Crippen molar-refractivity contribution in [2.24, 2.45) is 5.41 Å². The number of likely N-dealkylation sites (tertiary alicyclic amines) is 1. The largest absolute Gasteiger partial charge is 0.396 e. The lowest BCUT2D eigenvalue weighted by atomic mass is 9.77. The molecule has 1 saturated carbocycles. The van der Waals surface area contributed by atoms with Gasteiger partial charge in [0.25, 0.3) is 0 Å². The van der Waals surface area contributed by atoms with E-state index >= 15 is 0 Å². The molecule has 1 saturated heterocycles. The first-order valence-corrected chi connectivity index (χ1v) is 8.19. The number of ether oxygens (including phenoxy) is 1. The molecule has 20 heavy (non-hydrogen) atoms. The molecular weight excluding hydrogens is 254 g/mol. The summed E-state index contributed by atoms with van der Waals surface area (Å²) in [5, 5.41) is 9.51. The Hall–Kier alpha value is -0.610. The van der Waals surface area contributed by atoms with Crippen molar-refractivity contribution >= 4 is 5.91 Å². The SMILES string of the molecule is CCC1(CO)CCN(C(=O)COC2CCCCC2)CC1. The minimum Gasteiger partial charge on any atom is -0.396 e. The Morgan fingerprint density at radius 1 is 1.25 bits per heavy atom. The van der Waals surface area contributed by atoms with E-state index in [9.17, 15) is 9.90 Å². The molecule has 0 radical (unpaired) electrons. The molecule has 0 unspecified atom stereocenters. The van der Waals surface area contributed by atoms with Crippen LogP contribution in [0.15, 0.2) is 0 Å². The number of carbonyl (C=O) groups is 1. The molecule has 0 aromatic carbocycles. The first-order valence-electron chi connectivity index (χ1n) is 8.19. The van der Waals surface area contributed by atoms with Crippen molar-refractivity contribution in [3.8, 4) is 0 Å². The van der Waals surface area contributed by atoms with Gasteiger partial charge in [-0.1, -0.05) is 26.2 Å². The summed E-state index contributed by atoms with van der Waals surface area (Å²) in [6.07, 6.45) is 9.10. The zero-order valence-corrected chi connectivity index (χ0v) is 12.8. The van der Waals surface area contributed by atoms with Gasteiger partial charge in [0.05, 0.1) is 6.10 Å². The number of aliphatic hydroxyl groups is 1.